The average molecular weight is 154 g/mol. The molecule has 4 nitrogen and oxygen atoms in total. The zero-order valence-corrected chi connectivity index (χ0v) is 6.75. The van der Waals surface area contributed by atoms with Gasteiger partial charge in [0.25, 0.3) is 0 Å². The zero-order valence-electron chi connectivity index (χ0n) is 6.75. The number of aromatic nitrogens is 2. The van der Waals surface area contributed by atoms with Crippen molar-refractivity contribution in [2.75, 3.05) is 18.4 Å². The van der Waals surface area contributed by atoms with E-state index in [-0.39, 0.29) is 0 Å². The van der Waals surface area contributed by atoms with E-state index in [1.165, 1.54) is 0 Å². The van der Waals surface area contributed by atoms with Gasteiger partial charge in [-0.05, 0) is 6.92 Å². The van der Waals surface area contributed by atoms with Gasteiger partial charge in [-0.3, -0.25) is 4.68 Å². The van der Waals surface area contributed by atoms with Gasteiger partial charge in [-0.2, -0.15) is 5.10 Å². The van der Waals surface area contributed by atoms with E-state index in [9.17, 15) is 0 Å². The molecule has 0 aliphatic carbocycles. The molecule has 62 valence electrons. The van der Waals surface area contributed by atoms with Crippen molar-refractivity contribution in [3.05, 3.63) is 12.3 Å². The highest BCUT2D eigenvalue weighted by molar-refractivity contribution is 5.33. The fourth-order valence-electron chi connectivity index (χ4n) is 0.935. The molecule has 0 spiro atoms. The van der Waals surface area contributed by atoms with Crippen LogP contribution in [0.25, 0.3) is 0 Å². The molecule has 0 saturated carbocycles. The summed E-state index contributed by atoms with van der Waals surface area (Å²) in [5, 5.41) is 7.27. The molecule has 0 amide bonds. The molecule has 0 aromatic carbocycles. The van der Waals surface area contributed by atoms with E-state index in [4.69, 9.17) is 5.73 Å². The van der Waals surface area contributed by atoms with Crippen LogP contribution in [0, 0.1) is 0 Å². The van der Waals surface area contributed by atoms with Gasteiger partial charge < -0.3 is 11.1 Å². The van der Waals surface area contributed by atoms with Crippen LogP contribution in [0.3, 0.4) is 0 Å². The SMILES string of the molecule is CCn1nccc1NCCN. The lowest BCUT2D eigenvalue weighted by atomic mass is 10.5. The number of anilines is 1. The van der Waals surface area contributed by atoms with Gasteiger partial charge in [-0.15, -0.1) is 0 Å². The van der Waals surface area contributed by atoms with Gasteiger partial charge in [0.05, 0.1) is 6.20 Å². The molecular weight excluding hydrogens is 140 g/mol. The second-order valence-electron chi connectivity index (χ2n) is 2.25. The van der Waals surface area contributed by atoms with Crippen LogP contribution in [0.15, 0.2) is 12.3 Å². The highest BCUT2D eigenvalue weighted by Gasteiger charge is 1.96. The van der Waals surface area contributed by atoms with Crippen LogP contribution >= 0.6 is 0 Å². The maximum Gasteiger partial charge on any atom is 0.124 e. The van der Waals surface area contributed by atoms with E-state index >= 15 is 0 Å². The second-order valence-corrected chi connectivity index (χ2v) is 2.25. The number of nitrogens with zero attached hydrogens (tertiary/aromatic N) is 2. The highest BCUT2D eigenvalue weighted by Crippen LogP contribution is 2.03. The molecule has 0 radical (unpaired) electrons. The molecule has 0 atom stereocenters. The van der Waals surface area contributed by atoms with Gasteiger partial charge >= 0.3 is 0 Å². The summed E-state index contributed by atoms with van der Waals surface area (Å²) in [4.78, 5) is 0. The number of rotatable bonds is 4. The molecule has 0 aliphatic heterocycles. The van der Waals surface area contributed by atoms with Crippen molar-refractivity contribution < 1.29 is 0 Å². The van der Waals surface area contributed by atoms with Crippen LogP contribution in [0.5, 0.6) is 0 Å². The van der Waals surface area contributed by atoms with Gasteiger partial charge in [0, 0.05) is 25.7 Å². The molecule has 1 aromatic heterocycles. The Balaban J connectivity index is 2.54. The summed E-state index contributed by atoms with van der Waals surface area (Å²) in [5.41, 5.74) is 5.34. The molecule has 0 aliphatic rings. The van der Waals surface area contributed by atoms with Crippen molar-refractivity contribution in [2.45, 2.75) is 13.5 Å². The third-order valence-corrected chi connectivity index (χ3v) is 1.47. The quantitative estimate of drug-likeness (QED) is 0.654. The Kier molecular flexibility index (Phi) is 2.92. The second kappa shape index (κ2) is 3.98. The van der Waals surface area contributed by atoms with Gasteiger partial charge in [0.2, 0.25) is 0 Å². The van der Waals surface area contributed by atoms with Gasteiger partial charge in [0.1, 0.15) is 5.82 Å². The lowest BCUT2D eigenvalue weighted by Crippen LogP contribution is -2.15. The minimum absolute atomic E-state index is 0.648. The fraction of sp³-hybridized carbons (Fsp3) is 0.571. The Morgan fingerprint density at radius 3 is 3.18 bits per heavy atom. The predicted octanol–water partition coefficient (Wildman–Crippen LogP) is 0.274. The summed E-state index contributed by atoms with van der Waals surface area (Å²) in [7, 11) is 0. The van der Waals surface area contributed by atoms with Crippen molar-refractivity contribution in [2.24, 2.45) is 5.73 Å². The number of nitrogens with one attached hydrogen (secondary N) is 1. The van der Waals surface area contributed by atoms with Crippen molar-refractivity contribution in [1.82, 2.24) is 9.78 Å². The van der Waals surface area contributed by atoms with E-state index in [2.05, 4.69) is 17.3 Å². The first-order chi connectivity index (χ1) is 5.38. The highest BCUT2D eigenvalue weighted by atomic mass is 15.3. The minimum atomic E-state index is 0.648. The normalized spacial score (nSPS) is 10.0. The standard InChI is InChI=1S/C7H14N4/c1-2-11-7(3-5-10-11)9-6-4-8/h3,5,9H,2,4,6,8H2,1H3. The number of hydrogen-bond donors (Lipinski definition) is 2. The van der Waals surface area contributed by atoms with E-state index in [0.29, 0.717) is 6.54 Å². The number of aryl methyl sites for hydroxylation is 1. The van der Waals surface area contributed by atoms with E-state index in [1.54, 1.807) is 6.20 Å². The molecule has 11 heavy (non-hydrogen) atoms. The van der Waals surface area contributed by atoms with Gasteiger partial charge in [-0.1, -0.05) is 0 Å². The van der Waals surface area contributed by atoms with Crippen molar-refractivity contribution in [3.63, 3.8) is 0 Å². The van der Waals surface area contributed by atoms with Crippen LogP contribution in [0.4, 0.5) is 5.82 Å². The largest absolute Gasteiger partial charge is 0.369 e. The molecule has 1 rings (SSSR count). The van der Waals surface area contributed by atoms with Crippen LogP contribution in [0.1, 0.15) is 6.92 Å². The molecule has 0 fully saturated rings. The molecule has 1 heterocycles. The lowest BCUT2D eigenvalue weighted by molar-refractivity contribution is 0.664. The van der Waals surface area contributed by atoms with Crippen molar-refractivity contribution >= 4 is 5.82 Å². The Hall–Kier alpha value is -1.03. The molecule has 4 heteroatoms. The first-order valence-electron chi connectivity index (χ1n) is 3.84. The maximum atomic E-state index is 5.34. The number of hydrogen-bond acceptors (Lipinski definition) is 3. The van der Waals surface area contributed by atoms with Crippen LogP contribution in [-0.4, -0.2) is 22.9 Å². The smallest absolute Gasteiger partial charge is 0.124 e. The van der Waals surface area contributed by atoms with Crippen LogP contribution in [0.2, 0.25) is 0 Å². The number of nitrogens with two attached hydrogens (primary N) is 1. The first kappa shape index (κ1) is 8.07. The monoisotopic (exact) mass is 154 g/mol. The van der Waals surface area contributed by atoms with Gasteiger partial charge in [-0.25, -0.2) is 0 Å². The summed E-state index contributed by atoms with van der Waals surface area (Å²) >= 11 is 0. The van der Waals surface area contributed by atoms with E-state index in [1.807, 2.05) is 10.7 Å². The Morgan fingerprint density at radius 2 is 2.55 bits per heavy atom. The van der Waals surface area contributed by atoms with E-state index < -0.39 is 0 Å². The Labute approximate surface area is 66.4 Å². The summed E-state index contributed by atoms with van der Waals surface area (Å²) in [6, 6.07) is 1.94. The third-order valence-electron chi connectivity index (χ3n) is 1.47. The zero-order chi connectivity index (χ0) is 8.10. The van der Waals surface area contributed by atoms with Gasteiger partial charge in [0.15, 0.2) is 0 Å². The van der Waals surface area contributed by atoms with Crippen LogP contribution in [-0.2, 0) is 6.54 Å². The Bertz CT molecular complexity index is 206. The molecule has 0 saturated heterocycles. The molecule has 1 aromatic rings. The predicted molar refractivity (Wildman–Crippen MR) is 45.4 cm³/mol. The summed E-state index contributed by atoms with van der Waals surface area (Å²) in [6.45, 7) is 4.39. The molecule has 0 unspecified atom stereocenters. The summed E-state index contributed by atoms with van der Waals surface area (Å²) < 4.78 is 1.90. The van der Waals surface area contributed by atoms with E-state index in [0.717, 1.165) is 18.9 Å². The minimum Gasteiger partial charge on any atom is -0.369 e. The summed E-state index contributed by atoms with van der Waals surface area (Å²) in [6.07, 6.45) is 1.78. The summed E-state index contributed by atoms with van der Waals surface area (Å²) in [5.74, 6) is 1.04. The van der Waals surface area contributed by atoms with Crippen molar-refractivity contribution in [1.29, 1.82) is 0 Å². The fourth-order valence-corrected chi connectivity index (χ4v) is 0.935. The van der Waals surface area contributed by atoms with Crippen LogP contribution < -0.4 is 11.1 Å². The molecular formula is C7H14N4. The average Bonchev–Trinajstić information content (AvgIpc) is 2.47. The maximum absolute atomic E-state index is 5.34. The molecule has 0 bridgehead atoms. The third kappa shape index (κ3) is 1.94. The Morgan fingerprint density at radius 1 is 1.73 bits per heavy atom. The van der Waals surface area contributed by atoms with Crippen molar-refractivity contribution in [3.8, 4) is 0 Å². The molecule has 3 N–H and O–H groups in total. The topological polar surface area (TPSA) is 55.9 Å². The lowest BCUT2D eigenvalue weighted by Gasteiger charge is -2.05. The first-order valence-corrected chi connectivity index (χ1v) is 3.84.